The Morgan fingerprint density at radius 3 is 2.34 bits per heavy atom. The largest absolute Gasteiger partial charge is 0.460 e. The van der Waals surface area contributed by atoms with Crippen LogP contribution in [-0.2, 0) is 6.42 Å². The van der Waals surface area contributed by atoms with E-state index >= 15 is 0 Å². The Bertz CT molecular complexity index is 1250. The van der Waals surface area contributed by atoms with Crippen molar-refractivity contribution in [3.05, 3.63) is 106 Å². The van der Waals surface area contributed by atoms with E-state index in [9.17, 15) is 14.4 Å². The minimum atomic E-state index is -0.282. The van der Waals surface area contributed by atoms with Crippen LogP contribution in [0.4, 0.5) is 5.69 Å². The lowest BCUT2D eigenvalue weighted by Gasteiger charge is -2.06. The number of hydrogen-bond donors (Lipinski definition) is 1. The summed E-state index contributed by atoms with van der Waals surface area (Å²) in [6, 6.07) is 18.0. The number of carbonyl (C=O) groups excluding carboxylic acids is 2. The van der Waals surface area contributed by atoms with Gasteiger partial charge in [-0.2, -0.15) is 0 Å². The maximum absolute atomic E-state index is 12.6. The van der Waals surface area contributed by atoms with Crippen LogP contribution in [0.1, 0.15) is 26.5 Å². The number of hydrogen-bond acceptors (Lipinski definition) is 5. The Balaban J connectivity index is 1.48. The summed E-state index contributed by atoms with van der Waals surface area (Å²) in [6.45, 7) is 0. The zero-order valence-corrected chi connectivity index (χ0v) is 15.3. The lowest BCUT2D eigenvalue weighted by Crippen LogP contribution is -2.12. The Morgan fingerprint density at radius 1 is 0.897 bits per heavy atom. The molecule has 6 heteroatoms. The van der Waals surface area contributed by atoms with E-state index in [1.807, 2.05) is 0 Å². The van der Waals surface area contributed by atoms with Crippen molar-refractivity contribution in [1.29, 1.82) is 0 Å². The summed E-state index contributed by atoms with van der Waals surface area (Å²) in [5, 5.41) is 3.24. The van der Waals surface area contributed by atoms with Crippen LogP contribution >= 0.6 is 0 Å². The van der Waals surface area contributed by atoms with Gasteiger partial charge in [0, 0.05) is 35.3 Å². The molecule has 0 aliphatic rings. The van der Waals surface area contributed by atoms with Crippen molar-refractivity contribution >= 4 is 28.3 Å². The number of nitrogens with one attached hydrogen (secondary N) is 1. The summed E-state index contributed by atoms with van der Waals surface area (Å²) in [7, 11) is 0. The maximum atomic E-state index is 12.6. The van der Waals surface area contributed by atoms with Crippen molar-refractivity contribution in [3.8, 4) is 0 Å². The fourth-order valence-corrected chi connectivity index (χ4v) is 2.95. The molecule has 1 N–H and O–H groups in total. The van der Waals surface area contributed by atoms with E-state index in [0.717, 1.165) is 0 Å². The first-order chi connectivity index (χ1) is 14.1. The van der Waals surface area contributed by atoms with Gasteiger partial charge in [0.05, 0.1) is 11.8 Å². The standard InChI is InChI=1S/C23H16N2O4/c26-20(13-18-14-21(27)19-3-1-2-4-22(19)29-18)15-5-7-16(8-6-15)23(28)25-17-9-11-24-12-10-17/h1-12,14H,13H2,(H,24,25,28). The van der Waals surface area contributed by atoms with Crippen LogP contribution in [0.25, 0.3) is 11.0 Å². The van der Waals surface area contributed by atoms with Gasteiger partial charge in [0.15, 0.2) is 11.2 Å². The van der Waals surface area contributed by atoms with Crippen LogP contribution in [0, 0.1) is 0 Å². The minimum Gasteiger partial charge on any atom is -0.460 e. The van der Waals surface area contributed by atoms with Crippen LogP contribution in [0.3, 0.4) is 0 Å². The molecule has 0 atom stereocenters. The first-order valence-corrected chi connectivity index (χ1v) is 8.96. The molecule has 0 fully saturated rings. The van der Waals surface area contributed by atoms with Gasteiger partial charge < -0.3 is 9.73 Å². The van der Waals surface area contributed by atoms with Gasteiger partial charge in [-0.25, -0.2) is 0 Å². The highest BCUT2D eigenvalue weighted by atomic mass is 16.3. The van der Waals surface area contributed by atoms with Gasteiger partial charge in [0.1, 0.15) is 11.3 Å². The molecule has 0 saturated carbocycles. The maximum Gasteiger partial charge on any atom is 0.255 e. The first kappa shape index (κ1) is 18.3. The number of ketones is 1. The third-order valence-corrected chi connectivity index (χ3v) is 4.43. The lowest BCUT2D eigenvalue weighted by atomic mass is 10.0. The average Bonchev–Trinajstić information content (AvgIpc) is 2.74. The number of rotatable bonds is 5. The van der Waals surface area contributed by atoms with Crippen LogP contribution in [0.5, 0.6) is 0 Å². The van der Waals surface area contributed by atoms with Gasteiger partial charge in [-0.1, -0.05) is 24.3 Å². The number of carbonyl (C=O) groups is 2. The minimum absolute atomic E-state index is 0.0391. The molecule has 0 saturated heterocycles. The third-order valence-electron chi connectivity index (χ3n) is 4.43. The average molecular weight is 384 g/mol. The number of Topliss-reactive ketones (excluding diaryl/α,β-unsaturated/α-hetero) is 1. The van der Waals surface area contributed by atoms with Gasteiger partial charge in [-0.3, -0.25) is 19.4 Å². The topological polar surface area (TPSA) is 89.3 Å². The van der Waals surface area contributed by atoms with Gasteiger partial charge in [0.25, 0.3) is 5.91 Å². The number of fused-ring (bicyclic) bond motifs is 1. The van der Waals surface area contributed by atoms with Crippen LogP contribution in [-0.4, -0.2) is 16.7 Å². The molecule has 1 amide bonds. The molecule has 0 aliphatic heterocycles. The molecule has 4 rings (SSSR count). The number of aromatic nitrogens is 1. The van der Waals surface area contributed by atoms with Crippen LogP contribution in [0.15, 0.2) is 88.3 Å². The van der Waals surface area contributed by atoms with E-state index in [-0.39, 0.29) is 23.5 Å². The SMILES string of the molecule is O=C(Cc1cc(=O)c2ccccc2o1)c1ccc(C(=O)Nc2ccncc2)cc1. The smallest absolute Gasteiger partial charge is 0.255 e. The van der Waals surface area contributed by atoms with E-state index in [2.05, 4.69) is 10.3 Å². The van der Waals surface area contributed by atoms with Crippen molar-refractivity contribution in [3.63, 3.8) is 0 Å². The number of anilines is 1. The van der Waals surface area contributed by atoms with Crippen LogP contribution < -0.4 is 10.7 Å². The lowest BCUT2D eigenvalue weighted by molar-refractivity contribution is 0.0983. The zero-order valence-electron chi connectivity index (χ0n) is 15.3. The predicted molar refractivity (Wildman–Crippen MR) is 109 cm³/mol. The first-order valence-electron chi connectivity index (χ1n) is 8.96. The summed E-state index contributed by atoms with van der Waals surface area (Å²) in [5.41, 5.74) is 1.76. The number of nitrogens with zero attached hydrogens (tertiary/aromatic N) is 1. The molecule has 6 nitrogen and oxygen atoms in total. The molecule has 2 aromatic heterocycles. The molecule has 0 radical (unpaired) electrons. The molecule has 4 aromatic rings. The van der Waals surface area contributed by atoms with Gasteiger partial charge >= 0.3 is 0 Å². The van der Waals surface area contributed by atoms with E-state index in [1.165, 1.54) is 6.07 Å². The molecular formula is C23H16N2O4. The molecule has 29 heavy (non-hydrogen) atoms. The molecule has 0 aliphatic carbocycles. The summed E-state index contributed by atoms with van der Waals surface area (Å²) >= 11 is 0. The van der Waals surface area contributed by atoms with E-state index < -0.39 is 0 Å². The van der Waals surface area contributed by atoms with Crippen LogP contribution in [0.2, 0.25) is 0 Å². The Labute approximate surface area is 165 Å². The molecule has 0 spiro atoms. The summed E-state index contributed by atoms with van der Waals surface area (Å²) in [4.78, 5) is 40.9. The van der Waals surface area contributed by atoms with Gasteiger partial charge in [0.2, 0.25) is 0 Å². The normalized spacial score (nSPS) is 10.6. The Kier molecular flexibility index (Phi) is 4.99. The van der Waals surface area contributed by atoms with E-state index in [0.29, 0.717) is 33.5 Å². The summed E-state index contributed by atoms with van der Waals surface area (Å²) in [6.07, 6.45) is 3.13. The van der Waals surface area contributed by atoms with Crippen molar-refractivity contribution in [1.82, 2.24) is 4.98 Å². The van der Waals surface area contributed by atoms with Crippen molar-refractivity contribution in [2.75, 3.05) is 5.32 Å². The number of benzene rings is 2. The highest BCUT2D eigenvalue weighted by molar-refractivity contribution is 6.05. The number of pyridine rings is 1. The molecule has 142 valence electrons. The van der Waals surface area contributed by atoms with E-state index in [1.54, 1.807) is 73.1 Å². The fraction of sp³-hybridized carbons (Fsp3) is 0.0435. The van der Waals surface area contributed by atoms with Gasteiger partial charge in [-0.15, -0.1) is 0 Å². The molecule has 2 aromatic carbocycles. The summed E-state index contributed by atoms with van der Waals surface area (Å²) < 4.78 is 5.67. The zero-order chi connectivity index (χ0) is 20.2. The molecular weight excluding hydrogens is 368 g/mol. The molecule has 2 heterocycles. The highest BCUT2D eigenvalue weighted by Gasteiger charge is 2.13. The Morgan fingerprint density at radius 2 is 1.59 bits per heavy atom. The second-order valence-electron chi connectivity index (χ2n) is 6.44. The predicted octanol–water partition coefficient (Wildman–Crippen LogP) is 3.87. The second-order valence-corrected chi connectivity index (χ2v) is 6.44. The highest BCUT2D eigenvalue weighted by Crippen LogP contribution is 2.15. The number of amides is 1. The number of para-hydroxylation sites is 1. The fourth-order valence-electron chi connectivity index (χ4n) is 2.95. The quantitative estimate of drug-likeness (QED) is 0.528. The van der Waals surface area contributed by atoms with Gasteiger partial charge in [-0.05, 0) is 36.4 Å². The van der Waals surface area contributed by atoms with Crippen molar-refractivity contribution in [2.45, 2.75) is 6.42 Å². The van der Waals surface area contributed by atoms with Crippen molar-refractivity contribution in [2.24, 2.45) is 0 Å². The third kappa shape index (κ3) is 4.11. The summed E-state index contributed by atoms with van der Waals surface area (Å²) in [5.74, 6) is -0.182. The molecule has 0 bridgehead atoms. The Hall–Kier alpha value is -4.06. The van der Waals surface area contributed by atoms with Crippen molar-refractivity contribution < 1.29 is 14.0 Å². The monoisotopic (exact) mass is 384 g/mol. The van der Waals surface area contributed by atoms with E-state index in [4.69, 9.17) is 4.42 Å². The second kappa shape index (κ2) is 7.90. The molecule has 0 unspecified atom stereocenters.